The minimum Gasteiger partial charge on any atom is -0.481 e. The second kappa shape index (κ2) is 8.12. The number of hydrogen-bond acceptors (Lipinski definition) is 7. The van der Waals surface area contributed by atoms with Crippen LogP contribution in [0.3, 0.4) is 0 Å². The normalized spacial score (nSPS) is 26.7. The van der Waals surface area contributed by atoms with Gasteiger partial charge in [0.15, 0.2) is 5.65 Å². The second-order valence-electron chi connectivity index (χ2n) is 8.71. The summed E-state index contributed by atoms with van der Waals surface area (Å²) in [6, 6.07) is 0.325. The Hall–Kier alpha value is -2.65. The van der Waals surface area contributed by atoms with Crippen LogP contribution in [0.15, 0.2) is 18.5 Å². The molecule has 1 saturated carbocycles. The Bertz CT molecular complexity index is 1000. The van der Waals surface area contributed by atoms with E-state index in [-0.39, 0.29) is 5.92 Å². The summed E-state index contributed by atoms with van der Waals surface area (Å²) in [7, 11) is 0. The number of fused-ring (bicyclic) bond motifs is 1. The standard InChI is InChI=1S/C22H29N5O4/c1-2-27-20-17(13-24-27)19(25-15-5-9-30-10-6-15)16(12-23-20)18-11-22(31-26-18)7-3-14(4-8-22)21(28)29/h11-15,26H,2-10H2,1H3,(H,23,25)(H,28,29). The summed E-state index contributed by atoms with van der Waals surface area (Å²) >= 11 is 0. The summed E-state index contributed by atoms with van der Waals surface area (Å²) in [6.45, 7) is 4.32. The molecule has 3 N–H and O–H groups in total. The molecule has 2 fully saturated rings. The molecule has 31 heavy (non-hydrogen) atoms. The molecule has 166 valence electrons. The van der Waals surface area contributed by atoms with Gasteiger partial charge in [-0.25, -0.2) is 9.67 Å². The highest BCUT2D eigenvalue weighted by Crippen LogP contribution is 2.42. The van der Waals surface area contributed by atoms with E-state index in [1.165, 1.54) is 0 Å². The van der Waals surface area contributed by atoms with Gasteiger partial charge in [0.2, 0.25) is 0 Å². The van der Waals surface area contributed by atoms with Crippen LogP contribution in [-0.4, -0.2) is 50.7 Å². The predicted octanol–water partition coefficient (Wildman–Crippen LogP) is 2.93. The molecule has 1 saturated heterocycles. The Labute approximate surface area is 180 Å². The molecule has 0 radical (unpaired) electrons. The number of nitrogens with one attached hydrogen (secondary N) is 2. The van der Waals surface area contributed by atoms with Crippen LogP contribution in [0.2, 0.25) is 0 Å². The van der Waals surface area contributed by atoms with Crippen molar-refractivity contribution in [2.75, 3.05) is 18.5 Å². The maximum atomic E-state index is 11.3. The van der Waals surface area contributed by atoms with Crippen LogP contribution in [0, 0.1) is 5.92 Å². The summed E-state index contributed by atoms with van der Waals surface area (Å²) in [4.78, 5) is 22.1. The highest BCUT2D eigenvalue weighted by Gasteiger charge is 2.41. The summed E-state index contributed by atoms with van der Waals surface area (Å²) in [5.41, 5.74) is 6.36. The number of pyridine rings is 1. The van der Waals surface area contributed by atoms with E-state index in [9.17, 15) is 9.90 Å². The van der Waals surface area contributed by atoms with Crippen molar-refractivity contribution in [2.24, 2.45) is 5.92 Å². The highest BCUT2D eigenvalue weighted by atomic mass is 16.7. The van der Waals surface area contributed by atoms with Crippen molar-refractivity contribution in [3.63, 3.8) is 0 Å². The smallest absolute Gasteiger partial charge is 0.306 e. The zero-order valence-electron chi connectivity index (χ0n) is 17.8. The van der Waals surface area contributed by atoms with Crippen molar-refractivity contribution in [2.45, 2.75) is 63.6 Å². The number of hydrogen-bond donors (Lipinski definition) is 3. The van der Waals surface area contributed by atoms with Crippen molar-refractivity contribution < 1.29 is 19.5 Å². The zero-order chi connectivity index (χ0) is 21.4. The fraction of sp³-hybridized carbons (Fsp3) is 0.591. The Balaban J connectivity index is 1.49. The number of nitrogens with zero attached hydrogens (tertiary/aromatic N) is 3. The highest BCUT2D eigenvalue weighted by molar-refractivity contribution is 5.95. The molecule has 0 atom stereocenters. The second-order valence-corrected chi connectivity index (χ2v) is 8.71. The number of aromatic nitrogens is 3. The van der Waals surface area contributed by atoms with Gasteiger partial charge >= 0.3 is 5.97 Å². The molecule has 0 bridgehead atoms. The molecule has 4 heterocycles. The van der Waals surface area contributed by atoms with Crippen molar-refractivity contribution >= 4 is 28.4 Å². The molecule has 2 aliphatic heterocycles. The predicted molar refractivity (Wildman–Crippen MR) is 115 cm³/mol. The average Bonchev–Trinajstić information content (AvgIpc) is 3.39. The van der Waals surface area contributed by atoms with E-state index >= 15 is 0 Å². The first kappa shape index (κ1) is 20.3. The third kappa shape index (κ3) is 3.76. The molecular formula is C22H29N5O4. The van der Waals surface area contributed by atoms with Gasteiger partial charge in [-0.2, -0.15) is 5.10 Å². The van der Waals surface area contributed by atoms with Crippen LogP contribution < -0.4 is 10.8 Å². The quantitative estimate of drug-likeness (QED) is 0.668. The van der Waals surface area contributed by atoms with E-state index in [1.54, 1.807) is 0 Å². The summed E-state index contributed by atoms with van der Waals surface area (Å²) in [6.07, 6.45) is 10.4. The first-order chi connectivity index (χ1) is 15.1. The first-order valence-electron chi connectivity index (χ1n) is 11.2. The summed E-state index contributed by atoms with van der Waals surface area (Å²) in [5.74, 6) is -0.995. The number of carbonyl (C=O) groups is 1. The van der Waals surface area contributed by atoms with Gasteiger partial charge in [-0.3, -0.25) is 15.1 Å². The van der Waals surface area contributed by atoms with E-state index in [2.05, 4.69) is 28.9 Å². The number of carboxylic acid groups (broad SMARTS) is 1. The Morgan fingerprint density at radius 3 is 2.77 bits per heavy atom. The van der Waals surface area contributed by atoms with E-state index < -0.39 is 11.6 Å². The van der Waals surface area contributed by atoms with Crippen LogP contribution in [0.4, 0.5) is 5.69 Å². The van der Waals surface area contributed by atoms with E-state index in [4.69, 9.17) is 14.6 Å². The number of anilines is 1. The Morgan fingerprint density at radius 1 is 1.29 bits per heavy atom. The average molecular weight is 428 g/mol. The van der Waals surface area contributed by atoms with Crippen molar-refractivity contribution in [1.82, 2.24) is 20.2 Å². The van der Waals surface area contributed by atoms with Crippen molar-refractivity contribution in [3.8, 4) is 0 Å². The Morgan fingerprint density at radius 2 is 2.06 bits per heavy atom. The zero-order valence-corrected chi connectivity index (χ0v) is 17.8. The topological polar surface area (TPSA) is 111 Å². The number of ether oxygens (including phenoxy) is 1. The number of aryl methyl sites for hydroxylation is 1. The minimum absolute atomic E-state index is 0.282. The van der Waals surface area contributed by atoms with Crippen LogP contribution in [0.1, 0.15) is 51.0 Å². The van der Waals surface area contributed by atoms with Gasteiger partial charge < -0.3 is 15.2 Å². The van der Waals surface area contributed by atoms with Gasteiger partial charge in [0, 0.05) is 37.6 Å². The van der Waals surface area contributed by atoms with Gasteiger partial charge in [-0.1, -0.05) is 0 Å². The van der Waals surface area contributed by atoms with Crippen LogP contribution >= 0.6 is 0 Å². The van der Waals surface area contributed by atoms with Gasteiger partial charge in [0.05, 0.1) is 28.9 Å². The van der Waals surface area contributed by atoms with E-state index in [1.807, 2.05) is 17.1 Å². The number of carboxylic acids is 1. The molecule has 9 heteroatoms. The maximum absolute atomic E-state index is 11.3. The molecule has 0 aromatic carbocycles. The summed E-state index contributed by atoms with van der Waals surface area (Å²) in [5, 5.41) is 18.5. The van der Waals surface area contributed by atoms with E-state index in [0.717, 1.165) is 60.6 Å². The maximum Gasteiger partial charge on any atom is 0.306 e. The molecular weight excluding hydrogens is 398 g/mol. The third-order valence-corrected chi connectivity index (χ3v) is 6.78. The third-order valence-electron chi connectivity index (χ3n) is 6.78. The van der Waals surface area contributed by atoms with Gasteiger partial charge in [-0.05, 0) is 51.5 Å². The van der Waals surface area contributed by atoms with Gasteiger partial charge in [-0.15, -0.1) is 0 Å². The number of rotatable bonds is 5. The molecule has 0 amide bonds. The largest absolute Gasteiger partial charge is 0.481 e. The molecule has 1 spiro atoms. The molecule has 1 aliphatic carbocycles. The van der Waals surface area contributed by atoms with Crippen molar-refractivity contribution in [1.29, 1.82) is 0 Å². The molecule has 5 rings (SSSR count). The van der Waals surface area contributed by atoms with E-state index in [0.29, 0.717) is 31.7 Å². The van der Waals surface area contributed by atoms with Gasteiger partial charge in [0.25, 0.3) is 0 Å². The molecule has 0 unspecified atom stereocenters. The minimum atomic E-state index is -0.712. The SMILES string of the molecule is CCn1ncc2c(NC3CCOCC3)c(C3=CC4(CCC(C(=O)O)CC4)ON3)cnc21. The van der Waals surface area contributed by atoms with Crippen LogP contribution in [0.25, 0.3) is 16.7 Å². The Kier molecular flexibility index (Phi) is 5.31. The van der Waals surface area contributed by atoms with Crippen LogP contribution in [-0.2, 0) is 20.9 Å². The van der Waals surface area contributed by atoms with Gasteiger partial charge in [0.1, 0.15) is 5.60 Å². The first-order valence-corrected chi connectivity index (χ1v) is 11.2. The number of hydroxylamine groups is 1. The molecule has 2 aromatic heterocycles. The fourth-order valence-electron chi connectivity index (χ4n) is 4.88. The van der Waals surface area contributed by atoms with Crippen molar-refractivity contribution in [3.05, 3.63) is 24.0 Å². The monoisotopic (exact) mass is 427 g/mol. The summed E-state index contributed by atoms with van der Waals surface area (Å²) < 4.78 is 7.42. The fourth-order valence-corrected chi connectivity index (χ4v) is 4.88. The molecule has 9 nitrogen and oxygen atoms in total. The lowest BCUT2D eigenvalue weighted by Gasteiger charge is -2.32. The lowest BCUT2D eigenvalue weighted by molar-refractivity contribution is -0.145. The molecule has 3 aliphatic rings. The number of aliphatic carboxylic acids is 1. The lowest BCUT2D eigenvalue weighted by atomic mass is 9.78. The molecule has 2 aromatic rings. The lowest BCUT2D eigenvalue weighted by Crippen LogP contribution is -2.36. The van der Waals surface area contributed by atoms with Crippen LogP contribution in [0.5, 0.6) is 0 Å².